The number of rotatable bonds is 2. The number of nitrogens with zero attached hydrogens (tertiary/aromatic N) is 4. The van der Waals surface area contributed by atoms with E-state index >= 15 is 0 Å². The van der Waals surface area contributed by atoms with Crippen molar-refractivity contribution in [2.45, 2.75) is 6.04 Å². The maximum atomic E-state index is 2.81. The van der Waals surface area contributed by atoms with E-state index in [4.69, 9.17) is 0 Å². The Morgan fingerprint density at radius 2 is 0.926 bits per heavy atom. The summed E-state index contributed by atoms with van der Waals surface area (Å²) >= 11 is 0. The summed E-state index contributed by atoms with van der Waals surface area (Å²) in [6, 6.07) is 78.2. The monoisotopic (exact) mass is 858 g/mol. The minimum absolute atomic E-state index is 0.0566. The maximum Gasteiger partial charge on any atom is 0.333 e. The molecule has 10 aromatic carbocycles. The third-order valence-corrected chi connectivity index (χ3v) is 16.5. The molecule has 5 heteroatoms. The fraction of sp³-hybridized carbons (Fsp3) is 0.0159. The molecule has 0 amide bonds. The van der Waals surface area contributed by atoms with Gasteiger partial charge in [-0.05, 0) is 68.6 Å². The molecular formula is C63H35BN4. The molecule has 18 rings (SSSR count). The first-order chi connectivity index (χ1) is 33.8. The number of benzene rings is 10. The molecule has 0 aliphatic carbocycles. The van der Waals surface area contributed by atoms with E-state index in [0.29, 0.717) is 0 Å². The van der Waals surface area contributed by atoms with Gasteiger partial charge in [0.05, 0.1) is 50.3 Å². The Morgan fingerprint density at radius 1 is 0.338 bits per heavy atom. The second-order valence-corrected chi connectivity index (χ2v) is 19.4. The normalized spacial score (nSPS) is 14.6. The van der Waals surface area contributed by atoms with Crippen LogP contribution in [-0.2, 0) is 0 Å². The standard InChI is InChI=1S/C63H35BN4/c1-3-15-35(16-4-1)37-33-34-52-56-53(37)44-24-12-26-46-58(44)68(64(56)48-27-13-22-42-40-20-8-10-29-50(40)66(52)59(42)48)63-47-32-31-38(36-17-5-2-6-18-36)54-43-23-14-30-51-55(43)61(67(60(47)54)62(46)63)45-25-11-21-41-39-19-7-9-28-49(39)65(51)57(41)45/h1-34,61H. The fourth-order valence-corrected chi connectivity index (χ4v) is 14.2. The van der Waals surface area contributed by atoms with Crippen molar-refractivity contribution in [1.29, 1.82) is 0 Å². The molecule has 310 valence electrons. The van der Waals surface area contributed by atoms with Gasteiger partial charge < -0.3 is 18.2 Å². The first kappa shape index (κ1) is 34.5. The lowest BCUT2D eigenvalue weighted by molar-refractivity contribution is 0.711. The molecule has 0 saturated heterocycles. The highest BCUT2D eigenvalue weighted by atomic mass is 15.1. The summed E-state index contributed by atoms with van der Waals surface area (Å²) in [7, 11) is 0. The maximum absolute atomic E-state index is 2.81. The molecular weight excluding hydrogens is 824 g/mol. The van der Waals surface area contributed by atoms with E-state index in [2.05, 4.69) is 224 Å². The van der Waals surface area contributed by atoms with Gasteiger partial charge in [0.1, 0.15) is 0 Å². The second-order valence-electron chi connectivity index (χ2n) is 19.4. The predicted octanol–water partition coefficient (Wildman–Crippen LogP) is 14.2. The third-order valence-electron chi connectivity index (χ3n) is 16.5. The van der Waals surface area contributed by atoms with E-state index in [1.54, 1.807) is 0 Å². The van der Waals surface area contributed by atoms with Crippen LogP contribution in [0, 0.1) is 0 Å². The van der Waals surface area contributed by atoms with Crippen molar-refractivity contribution in [3.05, 3.63) is 217 Å². The number of para-hydroxylation sites is 5. The van der Waals surface area contributed by atoms with E-state index in [1.807, 2.05) is 0 Å². The Kier molecular flexibility index (Phi) is 5.98. The van der Waals surface area contributed by atoms with Crippen molar-refractivity contribution in [3.63, 3.8) is 0 Å². The molecule has 0 saturated carbocycles. The highest BCUT2D eigenvalue weighted by Crippen LogP contribution is 2.58. The summed E-state index contributed by atoms with van der Waals surface area (Å²) in [4.78, 5) is 0. The van der Waals surface area contributed by atoms with Crippen molar-refractivity contribution >= 4 is 94.2 Å². The largest absolute Gasteiger partial charge is 0.374 e. The topological polar surface area (TPSA) is 19.7 Å². The Labute approximate surface area is 389 Å². The number of hydrogen-bond acceptors (Lipinski definition) is 0. The highest BCUT2D eigenvalue weighted by molar-refractivity contribution is 6.90. The minimum atomic E-state index is -0.0774. The van der Waals surface area contributed by atoms with Crippen molar-refractivity contribution in [2.75, 3.05) is 0 Å². The van der Waals surface area contributed by atoms with Crippen LogP contribution in [-0.4, -0.2) is 25.0 Å². The molecule has 4 aromatic heterocycles. The SMILES string of the molecule is c1ccc(-c2ccc3c4c2-c2cccc5c2n(c2c6ccc(-c7ccccc7)c7c6n(c52)C2c5c-7cccc5-n5c6ccccc6c6cccc2c65)B4c2cccc4c5ccccc5n-3c24)cc1. The second kappa shape index (κ2) is 11.8. The van der Waals surface area contributed by atoms with Crippen LogP contribution < -0.4 is 10.9 Å². The molecule has 0 spiro atoms. The van der Waals surface area contributed by atoms with Crippen molar-refractivity contribution in [1.82, 2.24) is 18.2 Å². The van der Waals surface area contributed by atoms with Crippen LogP contribution >= 0.6 is 0 Å². The lowest BCUT2D eigenvalue weighted by Gasteiger charge is -2.37. The molecule has 0 N–H and O–H groups in total. The zero-order valence-corrected chi connectivity index (χ0v) is 36.6. The van der Waals surface area contributed by atoms with Crippen molar-refractivity contribution < 1.29 is 0 Å². The van der Waals surface area contributed by atoms with Crippen molar-refractivity contribution in [3.8, 4) is 55.9 Å². The summed E-state index contributed by atoms with van der Waals surface area (Å²) in [5.41, 5.74) is 28.6. The van der Waals surface area contributed by atoms with Crippen LogP contribution in [0.2, 0.25) is 0 Å². The summed E-state index contributed by atoms with van der Waals surface area (Å²) in [6.07, 6.45) is 0. The molecule has 4 aliphatic rings. The van der Waals surface area contributed by atoms with Gasteiger partial charge in [-0.3, -0.25) is 0 Å². The van der Waals surface area contributed by atoms with E-state index in [1.165, 1.54) is 154 Å². The minimum Gasteiger partial charge on any atom is -0.374 e. The lowest BCUT2D eigenvalue weighted by Crippen LogP contribution is -2.55. The van der Waals surface area contributed by atoms with Gasteiger partial charge in [-0.15, -0.1) is 0 Å². The van der Waals surface area contributed by atoms with Gasteiger partial charge in [-0.2, -0.15) is 0 Å². The average Bonchev–Trinajstić information content (AvgIpc) is 4.14. The number of aromatic nitrogens is 4. The van der Waals surface area contributed by atoms with E-state index < -0.39 is 0 Å². The van der Waals surface area contributed by atoms with E-state index in [-0.39, 0.29) is 12.9 Å². The van der Waals surface area contributed by atoms with E-state index in [9.17, 15) is 0 Å². The van der Waals surface area contributed by atoms with Gasteiger partial charge in [0, 0.05) is 65.8 Å². The van der Waals surface area contributed by atoms with Gasteiger partial charge in [-0.1, -0.05) is 182 Å². The van der Waals surface area contributed by atoms with Crippen LogP contribution in [0.5, 0.6) is 0 Å². The summed E-state index contributed by atoms with van der Waals surface area (Å²) < 4.78 is 10.8. The summed E-state index contributed by atoms with van der Waals surface area (Å²) in [5, 5.41) is 7.80. The summed E-state index contributed by atoms with van der Waals surface area (Å²) in [5.74, 6) is 0. The molecule has 1 unspecified atom stereocenters. The average molecular weight is 859 g/mol. The Bertz CT molecular complexity index is 4680. The zero-order chi connectivity index (χ0) is 43.7. The molecule has 4 aliphatic heterocycles. The zero-order valence-electron chi connectivity index (χ0n) is 36.6. The van der Waals surface area contributed by atoms with Crippen LogP contribution in [0.4, 0.5) is 0 Å². The fourth-order valence-electron chi connectivity index (χ4n) is 14.2. The van der Waals surface area contributed by atoms with Gasteiger partial charge in [-0.25, -0.2) is 0 Å². The Morgan fingerprint density at radius 3 is 1.71 bits per heavy atom. The molecule has 1 atom stereocenters. The smallest absolute Gasteiger partial charge is 0.333 e. The van der Waals surface area contributed by atoms with Crippen LogP contribution in [0.25, 0.3) is 132 Å². The molecule has 8 heterocycles. The Balaban J connectivity index is 1.08. The molecule has 0 radical (unpaired) electrons. The van der Waals surface area contributed by atoms with Crippen LogP contribution in [0.1, 0.15) is 17.2 Å². The van der Waals surface area contributed by atoms with Crippen molar-refractivity contribution in [2.24, 2.45) is 0 Å². The first-order valence-electron chi connectivity index (χ1n) is 23.9. The van der Waals surface area contributed by atoms with Gasteiger partial charge in [0.25, 0.3) is 0 Å². The number of hydrogen-bond donors (Lipinski definition) is 0. The van der Waals surface area contributed by atoms with Gasteiger partial charge in [0.15, 0.2) is 0 Å². The quantitative estimate of drug-likeness (QED) is 0.154. The number of fused-ring (bicyclic) bond motifs is 19. The van der Waals surface area contributed by atoms with Crippen LogP contribution in [0.15, 0.2) is 206 Å². The Hall–Kier alpha value is -8.80. The lowest BCUT2D eigenvalue weighted by atomic mass is 9.45. The molecule has 68 heavy (non-hydrogen) atoms. The van der Waals surface area contributed by atoms with Crippen LogP contribution in [0.3, 0.4) is 0 Å². The summed E-state index contributed by atoms with van der Waals surface area (Å²) in [6.45, 7) is -0.0774. The molecule has 0 fully saturated rings. The molecule has 0 bridgehead atoms. The first-order valence-corrected chi connectivity index (χ1v) is 23.9. The van der Waals surface area contributed by atoms with E-state index in [0.717, 1.165) is 0 Å². The highest BCUT2D eigenvalue weighted by Gasteiger charge is 2.46. The molecule has 14 aromatic rings. The molecule has 4 nitrogen and oxygen atoms in total. The third kappa shape index (κ3) is 3.76. The van der Waals surface area contributed by atoms with Gasteiger partial charge in [0.2, 0.25) is 0 Å². The predicted molar refractivity (Wildman–Crippen MR) is 283 cm³/mol. The van der Waals surface area contributed by atoms with Gasteiger partial charge >= 0.3 is 6.85 Å².